The number of aromatic nitrogens is 1. The van der Waals surface area contributed by atoms with Gasteiger partial charge in [-0.1, -0.05) is 6.07 Å². The van der Waals surface area contributed by atoms with Crippen LogP contribution in [-0.2, 0) is 11.3 Å². The number of pyridine rings is 1. The maximum Gasteiger partial charge on any atom is 0.220 e. The van der Waals surface area contributed by atoms with Gasteiger partial charge in [-0.2, -0.15) is 0 Å². The Bertz CT molecular complexity index is 483. The van der Waals surface area contributed by atoms with Crippen LogP contribution in [0.1, 0.15) is 31.2 Å². The second-order valence-corrected chi connectivity index (χ2v) is 6.27. The third-order valence-corrected chi connectivity index (χ3v) is 4.36. The maximum absolute atomic E-state index is 12.0. The Morgan fingerprint density at radius 3 is 2.73 bits per heavy atom. The van der Waals surface area contributed by atoms with Crippen LogP contribution in [0, 0.1) is 6.92 Å². The molecule has 0 aromatic carbocycles. The zero-order chi connectivity index (χ0) is 15.9. The fourth-order valence-corrected chi connectivity index (χ4v) is 2.76. The third kappa shape index (κ3) is 5.39. The number of piperazine rings is 1. The molecular weight excluding hydrogens is 276 g/mol. The molecule has 0 spiro atoms. The van der Waals surface area contributed by atoms with E-state index in [1.165, 1.54) is 0 Å². The number of carbonyl (C=O) groups is 1. The van der Waals surface area contributed by atoms with Gasteiger partial charge in [0, 0.05) is 44.3 Å². The summed E-state index contributed by atoms with van der Waals surface area (Å²) in [5, 5.41) is 2.96. The summed E-state index contributed by atoms with van der Waals surface area (Å²) in [4.78, 5) is 21.2. The number of likely N-dealkylation sites (N-methyl/N-ethyl adjacent to an activating group) is 1. The molecule has 0 unspecified atom stereocenters. The Balaban J connectivity index is 1.67. The molecule has 0 radical (unpaired) electrons. The number of nitrogens with one attached hydrogen (secondary N) is 1. The highest BCUT2D eigenvalue weighted by Crippen LogP contribution is 2.10. The Kier molecular flexibility index (Phi) is 6.34. The van der Waals surface area contributed by atoms with Gasteiger partial charge in [0.2, 0.25) is 5.91 Å². The molecular formula is C17H28N4O. The second-order valence-electron chi connectivity index (χ2n) is 6.27. The van der Waals surface area contributed by atoms with Crippen molar-refractivity contribution in [3.8, 4) is 0 Å². The zero-order valence-corrected chi connectivity index (χ0v) is 14.0. The van der Waals surface area contributed by atoms with E-state index in [0.717, 1.165) is 44.0 Å². The molecule has 0 saturated carbocycles. The number of rotatable bonds is 6. The highest BCUT2D eigenvalue weighted by molar-refractivity contribution is 5.75. The lowest BCUT2D eigenvalue weighted by atomic mass is 10.1. The molecule has 2 rings (SSSR count). The number of hydrogen-bond acceptors (Lipinski definition) is 4. The first-order valence-corrected chi connectivity index (χ1v) is 8.16. The molecule has 1 N–H and O–H groups in total. The molecule has 1 amide bonds. The minimum atomic E-state index is 0.115. The number of aryl methyl sites for hydroxylation is 1. The van der Waals surface area contributed by atoms with Crippen molar-refractivity contribution < 1.29 is 4.79 Å². The number of nitrogens with zero attached hydrogens (tertiary/aromatic N) is 3. The van der Waals surface area contributed by atoms with Crippen molar-refractivity contribution in [2.75, 3.05) is 33.2 Å². The van der Waals surface area contributed by atoms with Crippen LogP contribution < -0.4 is 5.32 Å². The average Bonchev–Trinajstić information content (AvgIpc) is 2.51. The first kappa shape index (κ1) is 16.9. The molecule has 1 saturated heterocycles. The van der Waals surface area contributed by atoms with E-state index in [1.807, 2.05) is 25.1 Å². The van der Waals surface area contributed by atoms with Gasteiger partial charge in [-0.15, -0.1) is 0 Å². The van der Waals surface area contributed by atoms with Gasteiger partial charge in [0.1, 0.15) is 0 Å². The predicted octanol–water partition coefficient (Wildman–Crippen LogP) is 1.42. The van der Waals surface area contributed by atoms with Crippen LogP contribution in [0.5, 0.6) is 0 Å². The highest BCUT2D eigenvalue weighted by Gasteiger charge is 2.19. The predicted molar refractivity (Wildman–Crippen MR) is 88.6 cm³/mol. The summed E-state index contributed by atoms with van der Waals surface area (Å²) >= 11 is 0. The van der Waals surface area contributed by atoms with Crippen LogP contribution in [0.25, 0.3) is 0 Å². The van der Waals surface area contributed by atoms with Crippen molar-refractivity contribution in [3.63, 3.8) is 0 Å². The van der Waals surface area contributed by atoms with Crippen LogP contribution >= 0.6 is 0 Å². The lowest BCUT2D eigenvalue weighted by molar-refractivity contribution is -0.121. The summed E-state index contributed by atoms with van der Waals surface area (Å²) in [7, 11) is 2.16. The van der Waals surface area contributed by atoms with E-state index < -0.39 is 0 Å². The SMILES string of the molecule is Cc1cccc(CNC(=O)CC[C@H](C)N2CCN(C)CC2)n1. The summed E-state index contributed by atoms with van der Waals surface area (Å²) < 4.78 is 0. The fourth-order valence-electron chi connectivity index (χ4n) is 2.76. The van der Waals surface area contributed by atoms with E-state index in [1.54, 1.807) is 0 Å². The van der Waals surface area contributed by atoms with Gasteiger partial charge in [-0.25, -0.2) is 0 Å². The first-order chi connectivity index (χ1) is 10.5. The molecule has 1 aromatic rings. The van der Waals surface area contributed by atoms with Gasteiger partial charge >= 0.3 is 0 Å². The zero-order valence-electron chi connectivity index (χ0n) is 14.0. The van der Waals surface area contributed by atoms with E-state index in [4.69, 9.17) is 0 Å². The lowest BCUT2D eigenvalue weighted by Gasteiger charge is -2.36. The lowest BCUT2D eigenvalue weighted by Crippen LogP contribution is -2.48. The minimum absolute atomic E-state index is 0.115. The molecule has 1 atom stereocenters. The van der Waals surface area contributed by atoms with Crippen molar-refractivity contribution in [3.05, 3.63) is 29.6 Å². The monoisotopic (exact) mass is 304 g/mol. The van der Waals surface area contributed by atoms with E-state index >= 15 is 0 Å². The number of carbonyl (C=O) groups excluding carboxylic acids is 1. The van der Waals surface area contributed by atoms with Crippen LogP contribution in [0.4, 0.5) is 0 Å². The van der Waals surface area contributed by atoms with E-state index in [2.05, 4.69) is 34.1 Å². The molecule has 22 heavy (non-hydrogen) atoms. The van der Waals surface area contributed by atoms with Crippen molar-refractivity contribution in [1.29, 1.82) is 0 Å². The van der Waals surface area contributed by atoms with Crippen LogP contribution in [0.3, 0.4) is 0 Å². The van der Waals surface area contributed by atoms with Crippen LogP contribution in [-0.4, -0.2) is 60.0 Å². The molecule has 1 aliphatic heterocycles. The largest absolute Gasteiger partial charge is 0.350 e. The fraction of sp³-hybridized carbons (Fsp3) is 0.647. The minimum Gasteiger partial charge on any atom is -0.350 e. The van der Waals surface area contributed by atoms with Crippen molar-refractivity contribution in [1.82, 2.24) is 20.1 Å². The van der Waals surface area contributed by atoms with Crippen molar-refractivity contribution >= 4 is 5.91 Å². The Morgan fingerprint density at radius 1 is 1.32 bits per heavy atom. The van der Waals surface area contributed by atoms with Crippen LogP contribution in [0.15, 0.2) is 18.2 Å². The molecule has 0 aliphatic carbocycles. The Morgan fingerprint density at radius 2 is 2.05 bits per heavy atom. The number of hydrogen-bond donors (Lipinski definition) is 1. The second kappa shape index (κ2) is 8.25. The smallest absolute Gasteiger partial charge is 0.220 e. The van der Waals surface area contributed by atoms with Crippen molar-refractivity contribution in [2.45, 2.75) is 39.3 Å². The van der Waals surface area contributed by atoms with Gasteiger partial charge in [0.05, 0.1) is 12.2 Å². The summed E-state index contributed by atoms with van der Waals surface area (Å²) in [5.74, 6) is 0.115. The summed E-state index contributed by atoms with van der Waals surface area (Å²) in [6.45, 7) is 9.15. The molecule has 1 aromatic heterocycles. The van der Waals surface area contributed by atoms with E-state index in [-0.39, 0.29) is 5.91 Å². The van der Waals surface area contributed by atoms with Gasteiger partial charge < -0.3 is 10.2 Å². The van der Waals surface area contributed by atoms with Crippen molar-refractivity contribution in [2.24, 2.45) is 0 Å². The first-order valence-electron chi connectivity index (χ1n) is 8.16. The van der Waals surface area contributed by atoms with Gasteiger partial charge in [0.15, 0.2) is 0 Å². The molecule has 0 bridgehead atoms. The maximum atomic E-state index is 12.0. The van der Waals surface area contributed by atoms with Gasteiger partial charge in [-0.3, -0.25) is 14.7 Å². The summed E-state index contributed by atoms with van der Waals surface area (Å²) in [6.07, 6.45) is 1.50. The summed E-state index contributed by atoms with van der Waals surface area (Å²) in [6, 6.07) is 6.35. The molecule has 122 valence electrons. The Hall–Kier alpha value is -1.46. The Labute approximate surface area is 133 Å². The topological polar surface area (TPSA) is 48.5 Å². The standard InChI is InChI=1S/C17H28N4O/c1-14-5-4-6-16(19-14)13-18-17(22)8-7-15(2)21-11-9-20(3)10-12-21/h4-6,15H,7-13H2,1-3H3,(H,18,22)/t15-/m0/s1. The molecule has 2 heterocycles. The summed E-state index contributed by atoms with van der Waals surface area (Å²) in [5.41, 5.74) is 1.90. The normalized spacial score (nSPS) is 18.1. The van der Waals surface area contributed by atoms with Gasteiger partial charge in [0.25, 0.3) is 0 Å². The number of amides is 1. The highest BCUT2D eigenvalue weighted by atomic mass is 16.1. The molecule has 5 heteroatoms. The van der Waals surface area contributed by atoms with E-state index in [9.17, 15) is 4.79 Å². The molecule has 5 nitrogen and oxygen atoms in total. The quantitative estimate of drug-likeness (QED) is 0.863. The third-order valence-electron chi connectivity index (χ3n) is 4.36. The van der Waals surface area contributed by atoms with Gasteiger partial charge in [-0.05, 0) is 39.4 Å². The average molecular weight is 304 g/mol. The molecule has 1 fully saturated rings. The molecule has 1 aliphatic rings. The van der Waals surface area contributed by atoms with Crippen LogP contribution in [0.2, 0.25) is 0 Å². The van der Waals surface area contributed by atoms with E-state index in [0.29, 0.717) is 19.0 Å².